The Hall–Kier alpha value is -0.680. The average Bonchev–Trinajstić information content (AvgIpc) is 2.81. The molecule has 2 N–H and O–H groups in total. The Morgan fingerprint density at radius 3 is 2.50 bits per heavy atom. The van der Waals surface area contributed by atoms with Gasteiger partial charge >= 0.3 is 0 Å². The van der Waals surface area contributed by atoms with E-state index >= 15 is 0 Å². The summed E-state index contributed by atoms with van der Waals surface area (Å²) >= 11 is 5.22. The van der Waals surface area contributed by atoms with Crippen LogP contribution in [-0.4, -0.2) is 11.7 Å². The molecule has 2 rings (SSSR count). The maximum absolute atomic E-state index is 8.96. The number of aliphatic hydroxyl groups excluding tert-OH is 1. The predicted octanol–water partition coefficient (Wildman–Crippen LogP) is 3.34. The fourth-order valence-electron chi connectivity index (χ4n) is 1.70. The second kappa shape index (κ2) is 7.04. The van der Waals surface area contributed by atoms with E-state index in [0.717, 1.165) is 29.5 Å². The quantitative estimate of drug-likeness (QED) is 0.798. The van der Waals surface area contributed by atoms with E-state index < -0.39 is 0 Å². The van der Waals surface area contributed by atoms with Gasteiger partial charge in [-0.15, -0.1) is 11.3 Å². The van der Waals surface area contributed by atoms with E-state index in [9.17, 15) is 0 Å². The molecule has 18 heavy (non-hydrogen) atoms. The first-order valence-corrected chi connectivity index (χ1v) is 7.57. The van der Waals surface area contributed by atoms with Crippen molar-refractivity contribution in [2.75, 3.05) is 6.54 Å². The lowest BCUT2D eigenvalue weighted by molar-refractivity contribution is 0.282. The molecule has 0 unspecified atom stereocenters. The predicted molar refractivity (Wildman–Crippen MR) is 79.8 cm³/mol. The highest BCUT2D eigenvalue weighted by molar-refractivity contribution is 9.10. The minimum Gasteiger partial charge on any atom is -0.392 e. The average molecular weight is 326 g/mol. The third-order valence-electron chi connectivity index (χ3n) is 2.72. The third-order valence-corrected chi connectivity index (χ3v) is 4.41. The minimum absolute atomic E-state index is 0.117. The number of rotatable bonds is 6. The van der Waals surface area contributed by atoms with Crippen LogP contribution in [0.3, 0.4) is 0 Å². The number of hydrogen-bond donors (Lipinski definition) is 2. The first-order chi connectivity index (χ1) is 8.78. The zero-order chi connectivity index (χ0) is 12.8. The van der Waals surface area contributed by atoms with Gasteiger partial charge in [-0.3, -0.25) is 0 Å². The van der Waals surface area contributed by atoms with Gasteiger partial charge in [0.05, 0.1) is 6.61 Å². The van der Waals surface area contributed by atoms with Crippen molar-refractivity contribution < 1.29 is 5.11 Å². The van der Waals surface area contributed by atoms with Gasteiger partial charge in [-0.2, -0.15) is 0 Å². The monoisotopic (exact) mass is 325 g/mol. The van der Waals surface area contributed by atoms with Crippen molar-refractivity contribution in [3.63, 3.8) is 0 Å². The van der Waals surface area contributed by atoms with E-state index in [1.165, 1.54) is 10.4 Å². The molecule has 1 heterocycles. The van der Waals surface area contributed by atoms with Crippen LogP contribution < -0.4 is 5.32 Å². The Kier molecular flexibility index (Phi) is 5.38. The normalized spacial score (nSPS) is 10.8. The molecular formula is C14H16BrNOS. The summed E-state index contributed by atoms with van der Waals surface area (Å²) in [4.78, 5) is 1.34. The van der Waals surface area contributed by atoms with Crippen LogP contribution in [-0.2, 0) is 19.6 Å². The molecule has 2 nitrogen and oxygen atoms in total. The van der Waals surface area contributed by atoms with Gasteiger partial charge in [0.1, 0.15) is 0 Å². The van der Waals surface area contributed by atoms with E-state index in [-0.39, 0.29) is 6.61 Å². The van der Waals surface area contributed by atoms with Crippen molar-refractivity contribution in [3.8, 4) is 0 Å². The summed E-state index contributed by atoms with van der Waals surface area (Å²) in [6.45, 7) is 2.00. The Bertz CT molecular complexity index is 481. The summed E-state index contributed by atoms with van der Waals surface area (Å²) < 4.78 is 1.16. The molecule has 2 aromatic rings. The number of nitrogens with one attached hydrogen (secondary N) is 1. The van der Waals surface area contributed by atoms with E-state index in [4.69, 9.17) is 5.11 Å². The number of benzene rings is 1. The van der Waals surface area contributed by atoms with Gasteiger partial charge in [0.15, 0.2) is 0 Å². The fourth-order valence-corrected chi connectivity index (χ4v) is 3.12. The zero-order valence-electron chi connectivity index (χ0n) is 10.0. The van der Waals surface area contributed by atoms with Crippen LogP contribution in [0.1, 0.15) is 16.0 Å². The third kappa shape index (κ3) is 4.21. The Balaban J connectivity index is 1.71. The SMILES string of the molecule is OCc1ccc(CCNCc2cc(Br)cs2)cc1. The smallest absolute Gasteiger partial charge is 0.0681 e. The van der Waals surface area contributed by atoms with Gasteiger partial charge in [-0.1, -0.05) is 24.3 Å². The van der Waals surface area contributed by atoms with E-state index in [2.05, 4.69) is 44.8 Å². The summed E-state index contributed by atoms with van der Waals surface area (Å²) in [7, 11) is 0. The zero-order valence-corrected chi connectivity index (χ0v) is 12.4. The van der Waals surface area contributed by atoms with Gasteiger partial charge in [0.25, 0.3) is 0 Å². The van der Waals surface area contributed by atoms with Crippen molar-refractivity contribution in [1.82, 2.24) is 5.32 Å². The van der Waals surface area contributed by atoms with Gasteiger partial charge < -0.3 is 10.4 Å². The lowest BCUT2D eigenvalue weighted by Crippen LogP contribution is -2.15. The highest BCUT2D eigenvalue weighted by atomic mass is 79.9. The van der Waals surface area contributed by atoms with Crippen molar-refractivity contribution in [2.45, 2.75) is 19.6 Å². The van der Waals surface area contributed by atoms with Crippen LogP contribution in [0.2, 0.25) is 0 Å². The molecule has 0 bridgehead atoms. The highest BCUT2D eigenvalue weighted by Gasteiger charge is 1.98. The van der Waals surface area contributed by atoms with Gasteiger partial charge in [0, 0.05) is 21.3 Å². The molecule has 0 aliphatic rings. The molecule has 0 saturated heterocycles. The molecule has 0 aliphatic heterocycles. The highest BCUT2D eigenvalue weighted by Crippen LogP contribution is 2.19. The Morgan fingerprint density at radius 2 is 1.89 bits per heavy atom. The number of thiophene rings is 1. The van der Waals surface area contributed by atoms with Crippen LogP contribution in [0, 0.1) is 0 Å². The lowest BCUT2D eigenvalue weighted by Gasteiger charge is -2.04. The summed E-state index contributed by atoms with van der Waals surface area (Å²) in [5.74, 6) is 0. The fraction of sp³-hybridized carbons (Fsp3) is 0.286. The molecule has 0 spiro atoms. The van der Waals surface area contributed by atoms with Crippen LogP contribution in [0.4, 0.5) is 0 Å². The largest absolute Gasteiger partial charge is 0.392 e. The van der Waals surface area contributed by atoms with Crippen LogP contribution in [0.25, 0.3) is 0 Å². The van der Waals surface area contributed by atoms with Crippen LogP contribution >= 0.6 is 27.3 Å². The molecular weight excluding hydrogens is 310 g/mol. The molecule has 1 aromatic heterocycles. The molecule has 0 aliphatic carbocycles. The molecule has 0 radical (unpaired) electrons. The molecule has 0 fully saturated rings. The van der Waals surface area contributed by atoms with Crippen molar-refractivity contribution in [1.29, 1.82) is 0 Å². The van der Waals surface area contributed by atoms with Crippen LogP contribution in [0.5, 0.6) is 0 Å². The Morgan fingerprint density at radius 1 is 1.17 bits per heavy atom. The molecule has 0 atom stereocenters. The first kappa shape index (κ1) is 13.7. The van der Waals surface area contributed by atoms with E-state index in [0.29, 0.717) is 0 Å². The van der Waals surface area contributed by atoms with Gasteiger partial charge in [0.2, 0.25) is 0 Å². The van der Waals surface area contributed by atoms with E-state index in [1.807, 2.05) is 12.1 Å². The van der Waals surface area contributed by atoms with Gasteiger partial charge in [-0.25, -0.2) is 0 Å². The van der Waals surface area contributed by atoms with Crippen molar-refractivity contribution >= 4 is 27.3 Å². The number of hydrogen-bond acceptors (Lipinski definition) is 3. The Labute approximate surface area is 120 Å². The first-order valence-electron chi connectivity index (χ1n) is 5.90. The second-order valence-corrected chi connectivity index (χ2v) is 6.04. The molecule has 1 aromatic carbocycles. The minimum atomic E-state index is 0.117. The maximum atomic E-state index is 8.96. The van der Waals surface area contributed by atoms with Gasteiger partial charge in [-0.05, 0) is 46.1 Å². The second-order valence-electron chi connectivity index (χ2n) is 4.13. The van der Waals surface area contributed by atoms with Crippen molar-refractivity contribution in [2.24, 2.45) is 0 Å². The molecule has 0 amide bonds. The van der Waals surface area contributed by atoms with E-state index in [1.54, 1.807) is 11.3 Å². The molecule has 96 valence electrons. The van der Waals surface area contributed by atoms with Crippen LogP contribution in [0.15, 0.2) is 40.2 Å². The summed E-state index contributed by atoms with van der Waals surface area (Å²) in [5, 5.41) is 14.5. The maximum Gasteiger partial charge on any atom is 0.0681 e. The molecule has 4 heteroatoms. The standard InChI is InChI=1S/C14H16BrNOS/c15-13-7-14(18-10-13)8-16-6-5-11-1-3-12(9-17)4-2-11/h1-4,7,10,16-17H,5-6,8-9H2. The number of aliphatic hydroxyl groups is 1. The lowest BCUT2D eigenvalue weighted by atomic mass is 10.1. The number of halogens is 1. The summed E-state index contributed by atoms with van der Waals surface area (Å²) in [6.07, 6.45) is 1.01. The summed E-state index contributed by atoms with van der Waals surface area (Å²) in [6, 6.07) is 10.3. The summed E-state index contributed by atoms with van der Waals surface area (Å²) in [5.41, 5.74) is 2.27. The van der Waals surface area contributed by atoms with Crippen molar-refractivity contribution in [3.05, 3.63) is 56.2 Å². The molecule has 0 saturated carbocycles. The topological polar surface area (TPSA) is 32.3 Å².